The first-order valence-corrected chi connectivity index (χ1v) is 18.2. The standard InChI is InChI=1S/C44H47N5O4/c50-41(45-28-23-33-13-3-1-4-14-33)38-20-10-7-17-35(38)25-30-47-43(52)40-22-12-9-19-37(40)27-32-49-44(53)48-31-26-36-18-8-11-21-39(36)42(51)46-29-24-34-15-5-2-6-16-34/h1-22H,23-32H2,(H,45,50)(H,46,51)(H,47,52)(H2,48,49,53). The first-order chi connectivity index (χ1) is 26.0. The Bertz CT molecular complexity index is 1950. The van der Waals surface area contributed by atoms with Gasteiger partial charge in [0.2, 0.25) is 0 Å². The molecule has 0 atom stereocenters. The lowest BCUT2D eigenvalue weighted by molar-refractivity contribution is 0.0943. The molecule has 0 radical (unpaired) electrons. The van der Waals surface area contributed by atoms with Crippen LogP contribution in [0.15, 0.2) is 133 Å². The van der Waals surface area contributed by atoms with Crippen molar-refractivity contribution < 1.29 is 19.2 Å². The number of hydrogen-bond donors (Lipinski definition) is 5. The van der Waals surface area contributed by atoms with E-state index in [1.165, 1.54) is 0 Å². The fourth-order valence-corrected chi connectivity index (χ4v) is 6.09. The van der Waals surface area contributed by atoms with E-state index in [0.29, 0.717) is 68.7 Å². The highest BCUT2D eigenvalue weighted by Gasteiger charge is 2.14. The fourth-order valence-electron chi connectivity index (χ4n) is 6.09. The zero-order valence-electron chi connectivity index (χ0n) is 29.9. The third-order valence-electron chi connectivity index (χ3n) is 8.91. The van der Waals surface area contributed by atoms with E-state index in [4.69, 9.17) is 0 Å². The van der Waals surface area contributed by atoms with Crippen LogP contribution in [0.1, 0.15) is 58.9 Å². The van der Waals surface area contributed by atoms with E-state index in [-0.39, 0.29) is 23.8 Å². The van der Waals surface area contributed by atoms with Crippen molar-refractivity contribution in [1.82, 2.24) is 26.6 Å². The summed E-state index contributed by atoms with van der Waals surface area (Å²) in [5.41, 5.74) is 6.60. The summed E-state index contributed by atoms with van der Waals surface area (Å²) in [7, 11) is 0. The predicted molar refractivity (Wildman–Crippen MR) is 209 cm³/mol. The van der Waals surface area contributed by atoms with E-state index in [2.05, 4.69) is 26.6 Å². The minimum atomic E-state index is -0.320. The second-order valence-electron chi connectivity index (χ2n) is 12.6. The average molecular weight is 710 g/mol. The maximum atomic E-state index is 13.2. The maximum absolute atomic E-state index is 13.2. The lowest BCUT2D eigenvalue weighted by atomic mass is 10.0. The smallest absolute Gasteiger partial charge is 0.314 e. The molecule has 5 aromatic rings. The molecule has 0 saturated carbocycles. The summed E-state index contributed by atoms with van der Waals surface area (Å²) in [5.74, 6) is -0.476. The van der Waals surface area contributed by atoms with Crippen molar-refractivity contribution in [2.45, 2.75) is 32.1 Å². The quantitative estimate of drug-likeness (QED) is 0.0802. The van der Waals surface area contributed by atoms with Crippen LogP contribution in [0.3, 0.4) is 0 Å². The van der Waals surface area contributed by atoms with Crippen LogP contribution in [0.4, 0.5) is 4.79 Å². The first kappa shape index (κ1) is 38.0. The number of carbonyl (C=O) groups excluding carboxylic acids is 4. The molecule has 0 spiro atoms. The monoisotopic (exact) mass is 709 g/mol. The Morgan fingerprint density at radius 3 is 0.962 bits per heavy atom. The highest BCUT2D eigenvalue weighted by Crippen LogP contribution is 2.13. The van der Waals surface area contributed by atoms with Crippen LogP contribution in [0.2, 0.25) is 0 Å². The van der Waals surface area contributed by atoms with Gasteiger partial charge < -0.3 is 26.6 Å². The Hall–Kier alpha value is -6.22. The normalized spacial score (nSPS) is 10.6. The molecule has 53 heavy (non-hydrogen) atoms. The van der Waals surface area contributed by atoms with Gasteiger partial charge in [0.1, 0.15) is 0 Å². The summed E-state index contributed by atoms with van der Waals surface area (Å²) in [6.07, 6.45) is 2.97. The maximum Gasteiger partial charge on any atom is 0.314 e. The van der Waals surface area contributed by atoms with E-state index in [1.54, 1.807) is 18.2 Å². The molecular weight excluding hydrogens is 663 g/mol. The van der Waals surface area contributed by atoms with Crippen molar-refractivity contribution in [3.05, 3.63) is 178 Å². The first-order valence-electron chi connectivity index (χ1n) is 18.2. The van der Waals surface area contributed by atoms with Crippen molar-refractivity contribution in [2.75, 3.05) is 32.7 Å². The molecular formula is C44H47N5O4. The summed E-state index contributed by atoms with van der Waals surface area (Å²) in [5, 5.41) is 14.7. The third-order valence-corrected chi connectivity index (χ3v) is 8.91. The molecule has 0 aliphatic heterocycles. The minimum absolute atomic E-state index is 0.132. The van der Waals surface area contributed by atoms with E-state index >= 15 is 0 Å². The second kappa shape index (κ2) is 20.6. The van der Waals surface area contributed by atoms with Gasteiger partial charge >= 0.3 is 6.03 Å². The summed E-state index contributed by atoms with van der Waals surface area (Å²) < 4.78 is 0. The van der Waals surface area contributed by atoms with Gasteiger partial charge in [-0.25, -0.2) is 4.79 Å². The van der Waals surface area contributed by atoms with Crippen LogP contribution < -0.4 is 26.6 Å². The topological polar surface area (TPSA) is 128 Å². The van der Waals surface area contributed by atoms with Crippen molar-refractivity contribution >= 4 is 23.8 Å². The molecule has 5 amide bonds. The molecule has 0 bridgehead atoms. The van der Waals surface area contributed by atoms with Crippen LogP contribution >= 0.6 is 0 Å². The predicted octanol–water partition coefficient (Wildman–Crippen LogP) is 5.69. The number of nitrogens with one attached hydrogen (secondary N) is 5. The lowest BCUT2D eigenvalue weighted by Crippen LogP contribution is -2.38. The number of carbonyl (C=O) groups is 4. The van der Waals surface area contributed by atoms with Gasteiger partial charge in [-0.15, -0.1) is 0 Å². The molecule has 0 saturated heterocycles. The second-order valence-corrected chi connectivity index (χ2v) is 12.6. The number of amides is 5. The molecule has 0 unspecified atom stereocenters. The number of urea groups is 1. The van der Waals surface area contributed by atoms with Gasteiger partial charge in [-0.05, 0) is 78.1 Å². The van der Waals surface area contributed by atoms with Gasteiger partial charge in [-0.2, -0.15) is 0 Å². The average Bonchev–Trinajstić information content (AvgIpc) is 3.19. The highest BCUT2D eigenvalue weighted by molar-refractivity contribution is 5.97. The van der Waals surface area contributed by atoms with E-state index < -0.39 is 0 Å². The van der Waals surface area contributed by atoms with E-state index in [0.717, 1.165) is 40.7 Å². The molecule has 0 fully saturated rings. The molecule has 5 aromatic carbocycles. The largest absolute Gasteiger partial charge is 0.352 e. The molecule has 0 aliphatic carbocycles. The van der Waals surface area contributed by atoms with Gasteiger partial charge in [0, 0.05) is 49.4 Å². The summed E-state index contributed by atoms with van der Waals surface area (Å²) in [6.45, 7) is 2.13. The number of benzene rings is 5. The molecule has 0 aromatic heterocycles. The Kier molecular flexibility index (Phi) is 14.8. The van der Waals surface area contributed by atoms with E-state index in [9.17, 15) is 19.2 Å². The van der Waals surface area contributed by atoms with Gasteiger partial charge in [0.05, 0.1) is 0 Å². The van der Waals surface area contributed by atoms with Gasteiger partial charge in [-0.3, -0.25) is 14.4 Å². The molecule has 9 nitrogen and oxygen atoms in total. The third kappa shape index (κ3) is 12.2. The molecule has 272 valence electrons. The zero-order chi connectivity index (χ0) is 37.1. The molecule has 5 N–H and O–H groups in total. The van der Waals surface area contributed by atoms with Crippen molar-refractivity contribution in [3.63, 3.8) is 0 Å². The molecule has 0 aliphatic rings. The summed E-state index contributed by atoms with van der Waals surface area (Å²) >= 11 is 0. The van der Waals surface area contributed by atoms with Crippen LogP contribution in [0.5, 0.6) is 0 Å². The summed E-state index contributed by atoms with van der Waals surface area (Å²) in [4.78, 5) is 51.6. The zero-order valence-corrected chi connectivity index (χ0v) is 29.9. The molecule has 9 heteroatoms. The Labute approximate surface area is 311 Å². The summed E-state index contributed by atoms with van der Waals surface area (Å²) in [6, 6.07) is 41.9. The van der Waals surface area contributed by atoms with Gasteiger partial charge in [0.25, 0.3) is 17.7 Å². The number of hydrogen-bond acceptors (Lipinski definition) is 4. The van der Waals surface area contributed by atoms with Gasteiger partial charge in [-0.1, -0.05) is 115 Å². The molecule has 0 heterocycles. The van der Waals surface area contributed by atoms with Crippen molar-refractivity contribution in [2.24, 2.45) is 0 Å². The lowest BCUT2D eigenvalue weighted by Gasteiger charge is -2.13. The van der Waals surface area contributed by atoms with Crippen LogP contribution in [-0.4, -0.2) is 56.5 Å². The van der Waals surface area contributed by atoms with Crippen molar-refractivity contribution in [1.29, 1.82) is 0 Å². The fraction of sp³-hybridized carbons (Fsp3) is 0.227. The van der Waals surface area contributed by atoms with E-state index in [1.807, 2.05) is 115 Å². The highest BCUT2D eigenvalue weighted by atomic mass is 16.2. The minimum Gasteiger partial charge on any atom is -0.352 e. The van der Waals surface area contributed by atoms with Crippen LogP contribution in [0.25, 0.3) is 0 Å². The van der Waals surface area contributed by atoms with Crippen LogP contribution in [-0.2, 0) is 32.1 Å². The number of rotatable bonds is 18. The Morgan fingerprint density at radius 1 is 0.321 bits per heavy atom. The SMILES string of the molecule is O=C(NCCc1ccccc1C(=O)NCCc1ccccc1)NCCc1ccccc1C(=O)NCCc1ccccc1C(=O)NCCc1ccccc1. The Balaban J connectivity index is 1.02. The Morgan fingerprint density at radius 2 is 0.604 bits per heavy atom. The van der Waals surface area contributed by atoms with Gasteiger partial charge in [0.15, 0.2) is 0 Å². The van der Waals surface area contributed by atoms with Crippen molar-refractivity contribution in [3.8, 4) is 0 Å². The van der Waals surface area contributed by atoms with Crippen LogP contribution in [0, 0.1) is 0 Å². The molecule has 5 rings (SSSR count).